The van der Waals surface area contributed by atoms with Gasteiger partial charge in [0.1, 0.15) is 5.75 Å². The van der Waals surface area contributed by atoms with E-state index in [0.717, 1.165) is 6.42 Å². The van der Waals surface area contributed by atoms with Gasteiger partial charge >= 0.3 is 12.0 Å². The van der Waals surface area contributed by atoms with Crippen LogP contribution >= 0.6 is 0 Å². The summed E-state index contributed by atoms with van der Waals surface area (Å²) in [5.41, 5.74) is 0.647. The zero-order chi connectivity index (χ0) is 16.8. The van der Waals surface area contributed by atoms with Crippen LogP contribution in [0.5, 0.6) is 5.75 Å². The Hall–Kier alpha value is -2.24. The fourth-order valence-corrected chi connectivity index (χ4v) is 2.53. The average Bonchev–Trinajstić information content (AvgIpc) is 2.55. The summed E-state index contributed by atoms with van der Waals surface area (Å²) in [6.07, 6.45) is 2.35. The Kier molecular flexibility index (Phi) is 5.84. The summed E-state index contributed by atoms with van der Waals surface area (Å²) in [5, 5.41) is 11.9. The molecule has 1 aromatic rings. The minimum Gasteiger partial charge on any atom is -0.491 e. The Bertz CT molecular complexity index is 561. The Labute approximate surface area is 136 Å². The van der Waals surface area contributed by atoms with Crippen molar-refractivity contribution < 1.29 is 19.4 Å². The molecule has 1 fully saturated rings. The summed E-state index contributed by atoms with van der Waals surface area (Å²) in [5.74, 6) is -0.611. The average molecular weight is 320 g/mol. The van der Waals surface area contributed by atoms with Crippen molar-refractivity contribution in [3.8, 4) is 5.75 Å². The van der Waals surface area contributed by atoms with Crippen LogP contribution in [0.2, 0.25) is 0 Å². The van der Waals surface area contributed by atoms with Crippen molar-refractivity contribution in [1.29, 1.82) is 0 Å². The van der Waals surface area contributed by atoms with Crippen LogP contribution in [-0.4, -0.2) is 41.2 Å². The van der Waals surface area contributed by atoms with Crippen LogP contribution in [0.15, 0.2) is 24.3 Å². The number of hydrogen-bond donors (Lipinski definition) is 2. The van der Waals surface area contributed by atoms with Gasteiger partial charge < -0.3 is 20.1 Å². The SMILES string of the molecule is CCC(C)Oc1cccc(NC(=O)N2CCCC(C(=O)O)C2)c1. The van der Waals surface area contributed by atoms with Gasteiger partial charge in [-0.2, -0.15) is 0 Å². The normalized spacial score (nSPS) is 19.0. The molecular weight excluding hydrogens is 296 g/mol. The number of carbonyl (C=O) groups is 2. The van der Waals surface area contributed by atoms with Crippen LogP contribution in [0.3, 0.4) is 0 Å². The number of nitrogens with one attached hydrogen (secondary N) is 1. The van der Waals surface area contributed by atoms with Gasteiger partial charge in [0.15, 0.2) is 0 Å². The maximum atomic E-state index is 12.3. The topological polar surface area (TPSA) is 78.9 Å². The number of carbonyl (C=O) groups excluding carboxylic acids is 1. The van der Waals surface area contributed by atoms with E-state index in [0.29, 0.717) is 30.8 Å². The lowest BCUT2D eigenvalue weighted by atomic mass is 9.99. The van der Waals surface area contributed by atoms with Crippen molar-refractivity contribution in [2.24, 2.45) is 5.92 Å². The lowest BCUT2D eigenvalue weighted by Gasteiger charge is -2.30. The lowest BCUT2D eigenvalue weighted by Crippen LogP contribution is -2.44. The van der Waals surface area contributed by atoms with Gasteiger partial charge in [0.05, 0.1) is 12.0 Å². The van der Waals surface area contributed by atoms with E-state index >= 15 is 0 Å². The van der Waals surface area contributed by atoms with Gasteiger partial charge in [-0.25, -0.2) is 4.79 Å². The zero-order valence-electron chi connectivity index (χ0n) is 13.6. The van der Waals surface area contributed by atoms with Crippen LogP contribution in [-0.2, 0) is 4.79 Å². The molecule has 1 aliphatic rings. The van der Waals surface area contributed by atoms with Crippen molar-refractivity contribution >= 4 is 17.7 Å². The van der Waals surface area contributed by atoms with E-state index in [2.05, 4.69) is 5.32 Å². The third-order valence-electron chi connectivity index (χ3n) is 4.06. The molecule has 6 heteroatoms. The maximum absolute atomic E-state index is 12.3. The second-order valence-electron chi connectivity index (χ2n) is 5.92. The number of piperidine rings is 1. The minimum atomic E-state index is -0.841. The Balaban J connectivity index is 1.97. The smallest absolute Gasteiger partial charge is 0.321 e. The van der Waals surface area contributed by atoms with Gasteiger partial charge in [0.2, 0.25) is 0 Å². The van der Waals surface area contributed by atoms with E-state index in [-0.39, 0.29) is 18.7 Å². The third-order valence-corrected chi connectivity index (χ3v) is 4.06. The predicted octanol–water partition coefficient (Wildman–Crippen LogP) is 3.19. The quantitative estimate of drug-likeness (QED) is 0.873. The molecule has 2 rings (SSSR count). The molecule has 0 spiro atoms. The zero-order valence-corrected chi connectivity index (χ0v) is 13.6. The highest BCUT2D eigenvalue weighted by Crippen LogP contribution is 2.21. The number of rotatable bonds is 5. The van der Waals surface area contributed by atoms with Crippen molar-refractivity contribution in [2.45, 2.75) is 39.2 Å². The molecule has 1 saturated heterocycles. The molecule has 23 heavy (non-hydrogen) atoms. The highest BCUT2D eigenvalue weighted by atomic mass is 16.5. The van der Waals surface area contributed by atoms with Gasteiger partial charge in [-0.05, 0) is 38.3 Å². The monoisotopic (exact) mass is 320 g/mol. The van der Waals surface area contributed by atoms with Crippen LogP contribution in [0.4, 0.5) is 10.5 Å². The van der Waals surface area contributed by atoms with Gasteiger partial charge in [0, 0.05) is 24.8 Å². The van der Waals surface area contributed by atoms with Crippen LogP contribution in [0, 0.1) is 5.92 Å². The number of likely N-dealkylation sites (tertiary alicyclic amines) is 1. The molecule has 0 aromatic heterocycles. The van der Waals surface area contributed by atoms with E-state index in [1.54, 1.807) is 17.0 Å². The van der Waals surface area contributed by atoms with Crippen molar-refractivity contribution in [2.75, 3.05) is 18.4 Å². The fraction of sp³-hybridized carbons (Fsp3) is 0.529. The highest BCUT2D eigenvalue weighted by molar-refractivity contribution is 5.90. The number of carboxylic acids is 1. The molecule has 1 heterocycles. The van der Waals surface area contributed by atoms with Gasteiger partial charge in [-0.15, -0.1) is 0 Å². The number of hydrogen-bond acceptors (Lipinski definition) is 3. The third kappa shape index (κ3) is 4.87. The van der Waals surface area contributed by atoms with Gasteiger partial charge in [-0.1, -0.05) is 13.0 Å². The molecule has 1 aliphatic heterocycles. The standard InChI is InChI=1S/C17H24N2O4/c1-3-12(2)23-15-8-4-7-14(10-15)18-17(22)19-9-5-6-13(11-19)16(20)21/h4,7-8,10,12-13H,3,5-6,9,11H2,1-2H3,(H,18,22)(H,20,21). The number of carboxylic acid groups (broad SMARTS) is 1. The van der Waals surface area contributed by atoms with Gasteiger partial charge in [-0.3, -0.25) is 4.79 Å². The molecule has 0 radical (unpaired) electrons. The minimum absolute atomic E-state index is 0.111. The number of benzene rings is 1. The Morgan fingerprint density at radius 1 is 1.48 bits per heavy atom. The first-order valence-electron chi connectivity index (χ1n) is 8.05. The summed E-state index contributed by atoms with van der Waals surface area (Å²) >= 11 is 0. The molecule has 6 nitrogen and oxygen atoms in total. The molecule has 2 atom stereocenters. The highest BCUT2D eigenvalue weighted by Gasteiger charge is 2.28. The number of nitrogens with zero attached hydrogens (tertiary/aromatic N) is 1. The van der Waals surface area contributed by atoms with Crippen molar-refractivity contribution in [1.82, 2.24) is 4.90 Å². The summed E-state index contributed by atoms with van der Waals surface area (Å²) in [6.45, 7) is 4.87. The summed E-state index contributed by atoms with van der Waals surface area (Å²) in [7, 11) is 0. The Morgan fingerprint density at radius 2 is 2.26 bits per heavy atom. The van der Waals surface area contributed by atoms with Gasteiger partial charge in [0.25, 0.3) is 0 Å². The molecule has 0 aliphatic carbocycles. The number of amides is 2. The number of ether oxygens (including phenoxy) is 1. The first-order valence-corrected chi connectivity index (χ1v) is 8.05. The van der Waals surface area contributed by atoms with E-state index in [1.807, 2.05) is 26.0 Å². The number of aliphatic carboxylic acids is 1. The lowest BCUT2D eigenvalue weighted by molar-refractivity contribution is -0.143. The second-order valence-corrected chi connectivity index (χ2v) is 5.92. The van der Waals surface area contributed by atoms with Crippen molar-refractivity contribution in [3.05, 3.63) is 24.3 Å². The second kappa shape index (κ2) is 7.85. The summed E-state index contributed by atoms with van der Waals surface area (Å²) in [6, 6.07) is 6.98. The summed E-state index contributed by atoms with van der Waals surface area (Å²) in [4.78, 5) is 24.9. The van der Waals surface area contributed by atoms with Crippen molar-refractivity contribution in [3.63, 3.8) is 0 Å². The molecule has 126 valence electrons. The van der Waals surface area contributed by atoms with Crippen LogP contribution < -0.4 is 10.1 Å². The molecule has 0 bridgehead atoms. The van der Waals surface area contributed by atoms with Crippen LogP contribution in [0.25, 0.3) is 0 Å². The summed E-state index contributed by atoms with van der Waals surface area (Å²) < 4.78 is 5.74. The molecule has 2 N–H and O–H groups in total. The number of anilines is 1. The first kappa shape index (κ1) is 17.1. The molecule has 0 saturated carbocycles. The van der Waals surface area contributed by atoms with E-state index < -0.39 is 11.9 Å². The van der Waals surface area contributed by atoms with E-state index in [4.69, 9.17) is 9.84 Å². The fourth-order valence-electron chi connectivity index (χ4n) is 2.53. The predicted molar refractivity (Wildman–Crippen MR) is 87.8 cm³/mol. The largest absolute Gasteiger partial charge is 0.491 e. The molecule has 2 amide bonds. The molecule has 2 unspecified atom stereocenters. The Morgan fingerprint density at radius 3 is 2.96 bits per heavy atom. The molecule has 1 aromatic carbocycles. The number of urea groups is 1. The molecular formula is C17H24N2O4. The van der Waals surface area contributed by atoms with E-state index in [1.165, 1.54) is 0 Å². The maximum Gasteiger partial charge on any atom is 0.321 e. The first-order chi connectivity index (χ1) is 11.0. The van der Waals surface area contributed by atoms with Crippen LogP contribution in [0.1, 0.15) is 33.1 Å². The van der Waals surface area contributed by atoms with E-state index in [9.17, 15) is 9.59 Å².